The fourth-order valence-corrected chi connectivity index (χ4v) is 5.97. The lowest BCUT2D eigenvalue weighted by Gasteiger charge is -2.47. The fraction of sp³-hybridized carbons (Fsp3) is 0.593. The summed E-state index contributed by atoms with van der Waals surface area (Å²) in [4.78, 5) is 11.8. The molecule has 0 radical (unpaired) electrons. The Morgan fingerprint density at radius 1 is 1.10 bits per heavy atom. The molecular weight excluding hydrogens is 394 g/mol. The summed E-state index contributed by atoms with van der Waals surface area (Å²) in [7, 11) is 1.35. The second-order valence-corrected chi connectivity index (χ2v) is 9.67. The highest BCUT2D eigenvalue weighted by Crippen LogP contribution is 2.53. The third-order valence-corrected chi connectivity index (χ3v) is 7.80. The van der Waals surface area contributed by atoms with Crippen LogP contribution in [0.4, 0.5) is 8.78 Å². The number of hydrogen-bond donors (Lipinski definition) is 0. The van der Waals surface area contributed by atoms with Crippen molar-refractivity contribution in [2.24, 2.45) is 17.8 Å². The van der Waals surface area contributed by atoms with Crippen LogP contribution in [0.25, 0.3) is 10.8 Å². The van der Waals surface area contributed by atoms with Gasteiger partial charge >= 0.3 is 5.97 Å². The molecule has 168 valence electrons. The second kappa shape index (κ2) is 9.26. The Hall–Kier alpha value is -1.97. The highest BCUT2D eigenvalue weighted by molar-refractivity contribution is 5.95. The van der Waals surface area contributed by atoms with E-state index in [1.165, 1.54) is 32.8 Å². The molecule has 0 amide bonds. The van der Waals surface area contributed by atoms with Crippen LogP contribution < -0.4 is 0 Å². The van der Waals surface area contributed by atoms with Gasteiger partial charge in [0.2, 0.25) is 0 Å². The van der Waals surface area contributed by atoms with Crippen molar-refractivity contribution in [3.8, 4) is 0 Å². The van der Waals surface area contributed by atoms with E-state index in [0.29, 0.717) is 23.0 Å². The van der Waals surface area contributed by atoms with Crippen LogP contribution in [0.3, 0.4) is 0 Å². The topological polar surface area (TPSA) is 26.3 Å². The van der Waals surface area contributed by atoms with Crippen LogP contribution in [0.5, 0.6) is 0 Å². The highest BCUT2D eigenvalue weighted by Gasteiger charge is 2.52. The van der Waals surface area contributed by atoms with Crippen molar-refractivity contribution in [1.82, 2.24) is 0 Å². The molecule has 2 saturated carbocycles. The number of carbonyl (C=O) groups excluding carboxylic acids is 1. The Balaban J connectivity index is 1.51. The quantitative estimate of drug-likeness (QED) is 0.351. The number of hydrogen-bond acceptors (Lipinski definition) is 2. The molecule has 0 aromatic heterocycles. The average molecular weight is 429 g/mol. The first-order valence-corrected chi connectivity index (χ1v) is 11.9. The second-order valence-electron chi connectivity index (χ2n) is 9.67. The molecule has 2 nitrogen and oxygen atoms in total. The van der Waals surface area contributed by atoms with Crippen LogP contribution in [-0.4, -0.2) is 19.3 Å². The highest BCUT2D eigenvalue weighted by atomic mass is 19.2. The lowest BCUT2D eigenvalue weighted by molar-refractivity contribution is -0.0745. The summed E-state index contributed by atoms with van der Waals surface area (Å²) >= 11 is 0. The van der Waals surface area contributed by atoms with Gasteiger partial charge in [0.25, 0.3) is 0 Å². The minimum absolute atomic E-state index is 0.168. The summed E-state index contributed by atoms with van der Waals surface area (Å²) in [5, 5.41) is 1.64. The smallest absolute Gasteiger partial charge is 0.337 e. The van der Waals surface area contributed by atoms with Gasteiger partial charge in [-0.3, -0.25) is 0 Å². The molecule has 0 aliphatic heterocycles. The molecule has 4 rings (SSSR count). The van der Waals surface area contributed by atoms with E-state index < -0.39 is 17.8 Å². The SMILES string of the molecule is CCCCCC1CCC2C(CCC(F)(c3ccc4cc(C(=O)OC)ccc4c3)C2F)C1. The van der Waals surface area contributed by atoms with Crippen molar-refractivity contribution in [3.05, 3.63) is 47.5 Å². The van der Waals surface area contributed by atoms with Gasteiger partial charge in [-0.25, -0.2) is 13.6 Å². The van der Waals surface area contributed by atoms with Crippen molar-refractivity contribution < 1.29 is 18.3 Å². The summed E-state index contributed by atoms with van der Waals surface area (Å²) < 4.78 is 36.6. The predicted molar refractivity (Wildman–Crippen MR) is 121 cm³/mol. The van der Waals surface area contributed by atoms with Crippen LogP contribution in [0.1, 0.15) is 80.6 Å². The number of halogens is 2. The molecule has 31 heavy (non-hydrogen) atoms. The maximum absolute atomic E-state index is 16.2. The Labute approximate surface area is 184 Å². The molecule has 2 aromatic carbocycles. The standard InChI is InChI=1S/C27H34F2O2/c1-3-4-5-6-18-7-12-24-21(15-18)13-14-27(29,25(24)28)23-11-10-19-16-22(26(30)31-2)9-8-20(19)17-23/h8-11,16-18,21,24-25H,3-7,12-15H2,1-2H3. The number of fused-ring (bicyclic) bond motifs is 2. The maximum atomic E-state index is 16.2. The zero-order chi connectivity index (χ0) is 22.0. The Kier molecular flexibility index (Phi) is 6.64. The molecule has 0 spiro atoms. The first-order chi connectivity index (χ1) is 15.0. The monoisotopic (exact) mass is 428 g/mol. The zero-order valence-corrected chi connectivity index (χ0v) is 18.7. The maximum Gasteiger partial charge on any atom is 0.337 e. The summed E-state index contributed by atoms with van der Waals surface area (Å²) in [5.41, 5.74) is -1.04. The van der Waals surface area contributed by atoms with E-state index in [2.05, 4.69) is 6.92 Å². The van der Waals surface area contributed by atoms with Gasteiger partial charge < -0.3 is 4.74 Å². The number of alkyl halides is 2. The van der Waals surface area contributed by atoms with E-state index >= 15 is 8.78 Å². The van der Waals surface area contributed by atoms with E-state index in [1.54, 1.807) is 36.4 Å². The van der Waals surface area contributed by atoms with Gasteiger partial charge in [0.05, 0.1) is 12.7 Å². The number of esters is 1. The van der Waals surface area contributed by atoms with E-state index in [9.17, 15) is 4.79 Å². The van der Waals surface area contributed by atoms with Crippen LogP contribution in [0, 0.1) is 17.8 Å². The minimum atomic E-state index is -1.93. The minimum Gasteiger partial charge on any atom is -0.465 e. The number of ether oxygens (including phenoxy) is 1. The molecule has 5 atom stereocenters. The van der Waals surface area contributed by atoms with Gasteiger partial charge in [-0.15, -0.1) is 0 Å². The fourth-order valence-electron chi connectivity index (χ4n) is 5.97. The van der Waals surface area contributed by atoms with Crippen LogP contribution >= 0.6 is 0 Å². The van der Waals surface area contributed by atoms with Crippen molar-refractivity contribution in [3.63, 3.8) is 0 Å². The van der Waals surface area contributed by atoms with E-state index in [1.807, 2.05) is 0 Å². The number of rotatable bonds is 6. The predicted octanol–water partition coefficient (Wildman–Crippen LogP) is 7.54. The van der Waals surface area contributed by atoms with Gasteiger partial charge in [0, 0.05) is 0 Å². The van der Waals surface area contributed by atoms with Gasteiger partial charge in [0.1, 0.15) is 6.17 Å². The molecule has 5 unspecified atom stereocenters. The number of carbonyl (C=O) groups is 1. The average Bonchev–Trinajstić information content (AvgIpc) is 2.80. The summed E-state index contributed by atoms with van der Waals surface area (Å²) in [6.45, 7) is 2.22. The van der Waals surface area contributed by atoms with Gasteiger partial charge in [-0.05, 0) is 78.0 Å². The molecule has 0 heterocycles. The molecule has 2 aliphatic rings. The molecule has 2 aromatic rings. The normalized spacial score (nSPS) is 30.7. The largest absolute Gasteiger partial charge is 0.465 e. The molecule has 0 N–H and O–H groups in total. The summed E-state index contributed by atoms with van der Waals surface area (Å²) in [5.74, 6) is 0.443. The van der Waals surface area contributed by atoms with Gasteiger partial charge in [-0.2, -0.15) is 0 Å². The molecule has 2 aliphatic carbocycles. The van der Waals surface area contributed by atoms with E-state index in [4.69, 9.17) is 4.74 Å². The molecule has 0 bridgehead atoms. The van der Waals surface area contributed by atoms with Crippen LogP contribution in [-0.2, 0) is 10.4 Å². The van der Waals surface area contributed by atoms with Crippen LogP contribution in [0.2, 0.25) is 0 Å². The lowest BCUT2D eigenvalue weighted by atomic mass is 9.61. The summed E-state index contributed by atoms with van der Waals surface area (Å²) in [6.07, 6.45) is 7.49. The molecule has 4 heteroatoms. The Morgan fingerprint density at radius 3 is 2.65 bits per heavy atom. The van der Waals surface area contributed by atoms with E-state index in [-0.39, 0.29) is 12.3 Å². The first-order valence-electron chi connectivity index (χ1n) is 11.9. The van der Waals surface area contributed by atoms with E-state index in [0.717, 1.165) is 36.5 Å². The van der Waals surface area contributed by atoms with Crippen LogP contribution in [0.15, 0.2) is 36.4 Å². The zero-order valence-electron chi connectivity index (χ0n) is 18.7. The van der Waals surface area contributed by atoms with Crippen molar-refractivity contribution in [2.45, 2.75) is 76.6 Å². The third kappa shape index (κ3) is 4.36. The van der Waals surface area contributed by atoms with Gasteiger partial charge in [-0.1, -0.05) is 57.2 Å². The van der Waals surface area contributed by atoms with Crippen molar-refractivity contribution in [1.29, 1.82) is 0 Å². The third-order valence-electron chi connectivity index (χ3n) is 7.80. The first kappa shape index (κ1) is 22.2. The number of methoxy groups -OCH3 is 1. The number of unbranched alkanes of at least 4 members (excludes halogenated alkanes) is 2. The molecule has 0 saturated heterocycles. The van der Waals surface area contributed by atoms with Gasteiger partial charge in [0.15, 0.2) is 5.67 Å². The lowest BCUT2D eigenvalue weighted by Crippen LogP contribution is -2.47. The number of benzene rings is 2. The van der Waals surface area contributed by atoms with Crippen molar-refractivity contribution >= 4 is 16.7 Å². The summed E-state index contributed by atoms with van der Waals surface area (Å²) in [6, 6.07) is 10.5. The Morgan fingerprint density at radius 2 is 1.87 bits per heavy atom. The Bertz CT molecular complexity index is 927. The molecular formula is C27H34F2O2. The molecule has 2 fully saturated rings. The van der Waals surface area contributed by atoms with Crippen molar-refractivity contribution in [2.75, 3.05) is 7.11 Å².